The van der Waals surface area contributed by atoms with Crippen LogP contribution in [-0.2, 0) is 9.53 Å². The van der Waals surface area contributed by atoms with Gasteiger partial charge < -0.3 is 29.3 Å². The van der Waals surface area contributed by atoms with Crippen LogP contribution in [0.25, 0.3) is 0 Å². The van der Waals surface area contributed by atoms with Gasteiger partial charge in [0.2, 0.25) is 0 Å². The second-order valence-corrected chi connectivity index (χ2v) is 6.26. The molecule has 1 aromatic carbocycles. The molecule has 0 aliphatic rings. The molecule has 1 unspecified atom stereocenters. The average Bonchev–Trinajstić information content (AvgIpc) is 3.13. The summed E-state index contributed by atoms with van der Waals surface area (Å²) in [6.45, 7) is 2.35. The largest absolute Gasteiger partial charge is 0.493 e. The number of rotatable bonds is 10. The van der Waals surface area contributed by atoms with E-state index >= 15 is 0 Å². The van der Waals surface area contributed by atoms with Crippen molar-refractivity contribution in [3.05, 3.63) is 30.1 Å². The molecule has 0 aliphatic carbocycles. The number of thioether (sulfide) groups is 1. The molecule has 2 rings (SSSR count). The topological polar surface area (TPSA) is 103 Å². The van der Waals surface area contributed by atoms with Crippen molar-refractivity contribution >= 4 is 29.7 Å². The number of benzene rings is 1. The molecule has 140 valence electrons. The van der Waals surface area contributed by atoms with E-state index in [1.165, 1.54) is 18.0 Å². The summed E-state index contributed by atoms with van der Waals surface area (Å²) in [5, 5.41) is 3.21. The van der Waals surface area contributed by atoms with Crippen LogP contribution in [0.15, 0.2) is 29.6 Å². The number of hydrogen-bond donors (Lipinski definition) is 2. The molecule has 2 aromatic rings. The first-order valence-corrected chi connectivity index (χ1v) is 8.79. The van der Waals surface area contributed by atoms with Gasteiger partial charge in [-0.15, -0.1) is 0 Å². The number of nitrogens with one attached hydrogen (secondary N) is 2. The molecule has 2 N–H and O–H groups in total. The van der Waals surface area contributed by atoms with E-state index in [1.807, 2.05) is 12.1 Å². The summed E-state index contributed by atoms with van der Waals surface area (Å²) < 4.78 is 15.5. The SMILES string of the molecule is CCOC(=O)c1cnc(SC(C=O)CNc2cccc(OC)c2OC)[nH]1. The summed E-state index contributed by atoms with van der Waals surface area (Å²) in [4.78, 5) is 30.0. The molecular weight excluding hydrogens is 358 g/mol. The molecule has 1 atom stereocenters. The molecule has 8 nitrogen and oxygen atoms in total. The van der Waals surface area contributed by atoms with Gasteiger partial charge in [0.05, 0.1) is 38.0 Å². The summed E-state index contributed by atoms with van der Waals surface area (Å²) in [6, 6.07) is 5.44. The van der Waals surface area contributed by atoms with Gasteiger partial charge in [0.1, 0.15) is 12.0 Å². The number of hydrogen-bond acceptors (Lipinski definition) is 8. The number of H-pyrrole nitrogens is 1. The second-order valence-electron chi connectivity index (χ2n) is 5.04. The van der Waals surface area contributed by atoms with E-state index < -0.39 is 11.2 Å². The number of aldehydes is 1. The van der Waals surface area contributed by atoms with Crippen molar-refractivity contribution in [2.45, 2.75) is 17.3 Å². The number of aromatic amines is 1. The first-order valence-electron chi connectivity index (χ1n) is 7.91. The van der Waals surface area contributed by atoms with E-state index in [4.69, 9.17) is 14.2 Å². The van der Waals surface area contributed by atoms with Crippen LogP contribution in [0.4, 0.5) is 5.69 Å². The van der Waals surface area contributed by atoms with Crippen LogP contribution in [0, 0.1) is 0 Å². The molecule has 9 heteroatoms. The lowest BCUT2D eigenvalue weighted by molar-refractivity contribution is -0.107. The summed E-state index contributed by atoms with van der Waals surface area (Å²) in [5.41, 5.74) is 0.965. The summed E-state index contributed by atoms with van der Waals surface area (Å²) in [7, 11) is 3.11. The maximum atomic E-state index is 11.6. The van der Waals surface area contributed by atoms with Crippen LogP contribution in [-0.4, -0.2) is 54.8 Å². The minimum Gasteiger partial charge on any atom is -0.493 e. The van der Waals surface area contributed by atoms with Crippen LogP contribution < -0.4 is 14.8 Å². The summed E-state index contributed by atoms with van der Waals surface area (Å²) in [5.74, 6) is 0.680. The molecule has 26 heavy (non-hydrogen) atoms. The molecule has 0 spiro atoms. The zero-order valence-corrected chi connectivity index (χ0v) is 15.6. The zero-order valence-electron chi connectivity index (χ0n) is 14.8. The molecule has 0 saturated carbocycles. The van der Waals surface area contributed by atoms with Crippen molar-refractivity contribution in [2.24, 2.45) is 0 Å². The number of aromatic nitrogens is 2. The molecule has 0 bridgehead atoms. The Balaban J connectivity index is 2.00. The van der Waals surface area contributed by atoms with E-state index in [0.29, 0.717) is 28.9 Å². The predicted octanol–water partition coefficient (Wildman–Crippen LogP) is 2.38. The van der Waals surface area contributed by atoms with Gasteiger partial charge in [-0.1, -0.05) is 17.8 Å². The van der Waals surface area contributed by atoms with Gasteiger partial charge in [-0.05, 0) is 19.1 Å². The number of nitrogens with zero attached hydrogens (tertiary/aromatic N) is 1. The first kappa shape index (κ1) is 19.6. The van der Waals surface area contributed by atoms with Crippen molar-refractivity contribution in [2.75, 3.05) is 32.7 Å². The lowest BCUT2D eigenvalue weighted by atomic mass is 10.2. The number of methoxy groups -OCH3 is 2. The molecule has 0 amide bonds. The highest BCUT2D eigenvalue weighted by Gasteiger charge is 2.16. The Morgan fingerprint density at radius 1 is 1.38 bits per heavy atom. The van der Waals surface area contributed by atoms with Crippen LogP contribution in [0.2, 0.25) is 0 Å². The van der Waals surface area contributed by atoms with Gasteiger partial charge in [0.15, 0.2) is 16.7 Å². The predicted molar refractivity (Wildman–Crippen MR) is 98.3 cm³/mol. The van der Waals surface area contributed by atoms with E-state index in [-0.39, 0.29) is 12.3 Å². The number of esters is 1. The highest BCUT2D eigenvalue weighted by Crippen LogP contribution is 2.35. The number of carbonyl (C=O) groups excluding carboxylic acids is 2. The third-order valence-corrected chi connectivity index (χ3v) is 4.37. The van der Waals surface area contributed by atoms with Gasteiger partial charge in [-0.3, -0.25) is 0 Å². The fraction of sp³-hybridized carbons (Fsp3) is 0.353. The third kappa shape index (κ3) is 4.92. The van der Waals surface area contributed by atoms with Gasteiger partial charge in [0, 0.05) is 6.54 Å². The Morgan fingerprint density at radius 2 is 2.19 bits per heavy atom. The fourth-order valence-corrected chi connectivity index (χ4v) is 2.96. The number of imidazole rings is 1. The van der Waals surface area contributed by atoms with E-state index in [0.717, 1.165) is 6.29 Å². The second kappa shape index (κ2) is 9.71. The Hall–Kier alpha value is -2.68. The molecule has 0 fully saturated rings. The average molecular weight is 379 g/mol. The highest BCUT2D eigenvalue weighted by molar-refractivity contribution is 8.00. The van der Waals surface area contributed by atoms with E-state index in [1.54, 1.807) is 27.2 Å². The number of anilines is 1. The Labute approximate surface area is 155 Å². The zero-order chi connectivity index (χ0) is 18.9. The molecule has 0 aliphatic heterocycles. The fourth-order valence-electron chi connectivity index (χ4n) is 2.17. The standard InChI is InChI=1S/C17H21N3O5S/c1-4-25-16(22)13-9-19-17(20-13)26-11(10-21)8-18-12-6-5-7-14(23-2)15(12)24-3/h5-7,9-11,18H,4,8H2,1-3H3,(H,19,20). The third-order valence-electron chi connectivity index (χ3n) is 3.36. The maximum absolute atomic E-state index is 11.6. The monoisotopic (exact) mass is 379 g/mol. The number of para-hydroxylation sites is 1. The molecule has 0 radical (unpaired) electrons. The lowest BCUT2D eigenvalue weighted by Crippen LogP contribution is -2.18. The van der Waals surface area contributed by atoms with Gasteiger partial charge in [-0.2, -0.15) is 0 Å². The highest BCUT2D eigenvalue weighted by atomic mass is 32.2. The van der Waals surface area contributed by atoms with Crippen LogP contribution in [0.5, 0.6) is 11.5 Å². The number of carbonyl (C=O) groups is 2. The van der Waals surface area contributed by atoms with Crippen molar-refractivity contribution in [3.63, 3.8) is 0 Å². The molecular formula is C17H21N3O5S. The Kier molecular flexibility index (Phi) is 7.34. The normalized spacial score (nSPS) is 11.5. The van der Waals surface area contributed by atoms with Crippen molar-refractivity contribution in [1.29, 1.82) is 0 Å². The van der Waals surface area contributed by atoms with Crippen LogP contribution in [0.3, 0.4) is 0 Å². The van der Waals surface area contributed by atoms with E-state index in [2.05, 4.69) is 15.3 Å². The van der Waals surface area contributed by atoms with Crippen molar-refractivity contribution in [1.82, 2.24) is 9.97 Å². The van der Waals surface area contributed by atoms with Crippen LogP contribution >= 0.6 is 11.8 Å². The van der Waals surface area contributed by atoms with Crippen LogP contribution in [0.1, 0.15) is 17.4 Å². The van der Waals surface area contributed by atoms with Crippen molar-refractivity contribution in [3.8, 4) is 11.5 Å². The smallest absolute Gasteiger partial charge is 0.356 e. The molecule has 1 aromatic heterocycles. The minimum absolute atomic E-state index is 0.251. The maximum Gasteiger partial charge on any atom is 0.356 e. The lowest BCUT2D eigenvalue weighted by Gasteiger charge is -2.15. The van der Waals surface area contributed by atoms with Crippen molar-refractivity contribution < 1.29 is 23.8 Å². The van der Waals surface area contributed by atoms with Gasteiger partial charge in [-0.25, -0.2) is 9.78 Å². The number of ether oxygens (including phenoxy) is 3. The van der Waals surface area contributed by atoms with E-state index in [9.17, 15) is 9.59 Å². The Morgan fingerprint density at radius 3 is 2.85 bits per heavy atom. The minimum atomic E-state index is -0.478. The molecule has 0 saturated heterocycles. The summed E-state index contributed by atoms with van der Waals surface area (Å²) in [6.07, 6.45) is 2.21. The summed E-state index contributed by atoms with van der Waals surface area (Å²) >= 11 is 1.21. The first-order chi connectivity index (χ1) is 12.6. The Bertz CT molecular complexity index is 750. The quantitative estimate of drug-likeness (QED) is 0.368. The van der Waals surface area contributed by atoms with Gasteiger partial charge >= 0.3 is 5.97 Å². The van der Waals surface area contributed by atoms with Gasteiger partial charge in [0.25, 0.3) is 0 Å². The molecule has 1 heterocycles.